The van der Waals surface area contributed by atoms with Crippen LogP contribution in [0.4, 0.5) is 0 Å². The fraction of sp³-hybridized carbons (Fsp3) is 0.350. The SMILES string of the molecule is CCc1ccc([C@@H]2COCCN2Cc2cc3ccccc3[nH]c2=O)o1. The molecule has 1 aliphatic rings. The van der Waals surface area contributed by atoms with E-state index in [1.165, 1.54) is 0 Å². The molecule has 1 aliphatic heterocycles. The van der Waals surface area contributed by atoms with Crippen LogP contribution in [-0.4, -0.2) is 29.6 Å². The molecule has 3 heterocycles. The van der Waals surface area contributed by atoms with Crippen LogP contribution in [0.2, 0.25) is 0 Å². The molecule has 1 N–H and O–H groups in total. The van der Waals surface area contributed by atoms with Crippen molar-refractivity contribution in [1.82, 2.24) is 9.88 Å². The molecule has 0 saturated carbocycles. The van der Waals surface area contributed by atoms with E-state index < -0.39 is 0 Å². The molecule has 0 radical (unpaired) electrons. The van der Waals surface area contributed by atoms with Gasteiger partial charge in [-0.2, -0.15) is 0 Å². The van der Waals surface area contributed by atoms with Crippen LogP contribution in [-0.2, 0) is 17.7 Å². The molecule has 1 fully saturated rings. The summed E-state index contributed by atoms with van der Waals surface area (Å²) in [7, 11) is 0. The number of aryl methyl sites for hydroxylation is 1. The molecule has 0 unspecified atom stereocenters. The van der Waals surface area contributed by atoms with Crippen molar-refractivity contribution in [3.05, 3.63) is 69.9 Å². The molecular weight excluding hydrogens is 316 g/mol. The van der Waals surface area contributed by atoms with Gasteiger partial charge in [0.25, 0.3) is 5.56 Å². The minimum Gasteiger partial charge on any atom is -0.464 e. The number of hydrogen-bond acceptors (Lipinski definition) is 4. The first-order valence-corrected chi connectivity index (χ1v) is 8.76. The van der Waals surface area contributed by atoms with E-state index in [1.54, 1.807) is 0 Å². The van der Waals surface area contributed by atoms with E-state index in [0.29, 0.717) is 19.8 Å². The van der Waals surface area contributed by atoms with Gasteiger partial charge in [-0.05, 0) is 29.7 Å². The van der Waals surface area contributed by atoms with Crippen LogP contribution >= 0.6 is 0 Å². The van der Waals surface area contributed by atoms with E-state index in [1.807, 2.05) is 42.5 Å². The number of aromatic nitrogens is 1. The Morgan fingerprint density at radius 2 is 2.12 bits per heavy atom. The number of morpholine rings is 1. The number of nitrogens with one attached hydrogen (secondary N) is 1. The van der Waals surface area contributed by atoms with E-state index in [4.69, 9.17) is 9.15 Å². The number of hydrogen-bond donors (Lipinski definition) is 1. The first-order chi connectivity index (χ1) is 12.2. The third kappa shape index (κ3) is 3.25. The third-order valence-electron chi connectivity index (χ3n) is 4.80. The van der Waals surface area contributed by atoms with Gasteiger partial charge < -0.3 is 14.1 Å². The fourth-order valence-electron chi connectivity index (χ4n) is 3.38. The maximum atomic E-state index is 12.5. The van der Waals surface area contributed by atoms with Crippen LogP contribution in [0.3, 0.4) is 0 Å². The molecule has 1 aromatic carbocycles. The molecular formula is C20H22N2O3. The summed E-state index contributed by atoms with van der Waals surface area (Å²) in [6.07, 6.45) is 0.873. The Kier molecular flexibility index (Phi) is 4.42. The predicted octanol–water partition coefficient (Wildman–Crippen LogP) is 3.26. The van der Waals surface area contributed by atoms with Crippen molar-refractivity contribution < 1.29 is 9.15 Å². The maximum Gasteiger partial charge on any atom is 0.252 e. The van der Waals surface area contributed by atoms with E-state index in [0.717, 1.165) is 41.0 Å². The van der Waals surface area contributed by atoms with Gasteiger partial charge in [0.2, 0.25) is 0 Å². The maximum absolute atomic E-state index is 12.5. The Labute approximate surface area is 146 Å². The number of aromatic amines is 1. The predicted molar refractivity (Wildman–Crippen MR) is 96.6 cm³/mol. The largest absolute Gasteiger partial charge is 0.464 e. The zero-order chi connectivity index (χ0) is 17.2. The zero-order valence-electron chi connectivity index (χ0n) is 14.3. The lowest BCUT2D eigenvalue weighted by Crippen LogP contribution is -2.40. The van der Waals surface area contributed by atoms with Crippen molar-refractivity contribution >= 4 is 10.9 Å². The first-order valence-electron chi connectivity index (χ1n) is 8.76. The second-order valence-electron chi connectivity index (χ2n) is 6.43. The van der Waals surface area contributed by atoms with Gasteiger partial charge in [-0.1, -0.05) is 25.1 Å². The molecule has 1 atom stereocenters. The number of nitrogens with zero attached hydrogens (tertiary/aromatic N) is 1. The van der Waals surface area contributed by atoms with Gasteiger partial charge in [-0.3, -0.25) is 9.69 Å². The summed E-state index contributed by atoms with van der Waals surface area (Å²) in [5.41, 5.74) is 1.61. The van der Waals surface area contributed by atoms with Crippen LogP contribution in [0.25, 0.3) is 10.9 Å². The highest BCUT2D eigenvalue weighted by Crippen LogP contribution is 2.27. The zero-order valence-corrected chi connectivity index (χ0v) is 14.3. The fourth-order valence-corrected chi connectivity index (χ4v) is 3.38. The Hall–Kier alpha value is -2.37. The van der Waals surface area contributed by atoms with Gasteiger partial charge in [-0.25, -0.2) is 0 Å². The van der Waals surface area contributed by atoms with Crippen LogP contribution in [0.15, 0.2) is 51.7 Å². The van der Waals surface area contributed by atoms with E-state index >= 15 is 0 Å². The second kappa shape index (κ2) is 6.86. The number of rotatable bonds is 4. The van der Waals surface area contributed by atoms with Gasteiger partial charge in [0.05, 0.1) is 19.3 Å². The molecule has 2 aromatic heterocycles. The summed E-state index contributed by atoms with van der Waals surface area (Å²) in [4.78, 5) is 17.7. The minimum absolute atomic E-state index is 0.0300. The molecule has 3 aromatic rings. The van der Waals surface area contributed by atoms with Crippen LogP contribution in [0, 0.1) is 0 Å². The summed E-state index contributed by atoms with van der Waals surface area (Å²) in [5, 5.41) is 1.05. The molecule has 1 saturated heterocycles. The highest BCUT2D eigenvalue weighted by molar-refractivity contribution is 5.78. The number of H-pyrrole nitrogens is 1. The van der Waals surface area contributed by atoms with E-state index in [2.05, 4.69) is 16.8 Å². The van der Waals surface area contributed by atoms with Crippen molar-refractivity contribution in [3.63, 3.8) is 0 Å². The lowest BCUT2D eigenvalue weighted by atomic mass is 10.1. The normalized spacial score (nSPS) is 18.7. The number of ether oxygens (including phenoxy) is 1. The van der Waals surface area contributed by atoms with Crippen molar-refractivity contribution in [2.45, 2.75) is 25.9 Å². The Morgan fingerprint density at radius 1 is 1.24 bits per heavy atom. The van der Waals surface area contributed by atoms with Crippen LogP contribution in [0.5, 0.6) is 0 Å². The highest BCUT2D eigenvalue weighted by atomic mass is 16.5. The number of benzene rings is 1. The molecule has 0 bridgehead atoms. The lowest BCUT2D eigenvalue weighted by molar-refractivity contribution is -0.0207. The number of furan rings is 1. The molecule has 4 rings (SSSR count). The quantitative estimate of drug-likeness (QED) is 0.793. The van der Waals surface area contributed by atoms with Crippen molar-refractivity contribution in [2.75, 3.05) is 19.8 Å². The summed E-state index contributed by atoms with van der Waals surface area (Å²) >= 11 is 0. The van der Waals surface area contributed by atoms with Crippen LogP contribution in [0.1, 0.15) is 30.0 Å². The summed E-state index contributed by atoms with van der Waals surface area (Å²) in [5.74, 6) is 1.89. The standard InChI is InChI=1S/C20H22N2O3/c1-2-16-7-8-19(25-16)18-13-24-10-9-22(18)12-15-11-14-5-3-4-6-17(14)21-20(15)23/h3-8,11,18H,2,9-10,12-13H2,1H3,(H,21,23)/t18-/m0/s1. The van der Waals surface area contributed by atoms with Gasteiger partial charge in [-0.15, -0.1) is 0 Å². The van der Waals surface area contributed by atoms with Crippen LogP contribution < -0.4 is 5.56 Å². The Morgan fingerprint density at radius 3 is 2.96 bits per heavy atom. The van der Waals surface area contributed by atoms with Crippen molar-refractivity contribution in [2.24, 2.45) is 0 Å². The number of para-hydroxylation sites is 1. The molecule has 0 aliphatic carbocycles. The Balaban J connectivity index is 1.63. The number of fused-ring (bicyclic) bond motifs is 1. The van der Waals surface area contributed by atoms with Gasteiger partial charge >= 0.3 is 0 Å². The van der Waals surface area contributed by atoms with E-state index in [9.17, 15) is 4.79 Å². The minimum atomic E-state index is -0.0300. The van der Waals surface area contributed by atoms with Gasteiger partial charge in [0.1, 0.15) is 11.5 Å². The van der Waals surface area contributed by atoms with E-state index in [-0.39, 0.29) is 11.6 Å². The second-order valence-corrected chi connectivity index (χ2v) is 6.43. The smallest absolute Gasteiger partial charge is 0.252 e. The summed E-state index contributed by atoms with van der Waals surface area (Å²) in [6, 6.07) is 13.9. The molecule has 0 spiro atoms. The third-order valence-corrected chi connectivity index (χ3v) is 4.80. The molecule has 130 valence electrons. The molecule has 5 nitrogen and oxygen atoms in total. The first kappa shape index (κ1) is 16.1. The van der Waals surface area contributed by atoms with Gasteiger partial charge in [0.15, 0.2) is 0 Å². The molecule has 25 heavy (non-hydrogen) atoms. The average Bonchev–Trinajstić information content (AvgIpc) is 3.12. The van der Waals surface area contributed by atoms with Crippen molar-refractivity contribution in [3.8, 4) is 0 Å². The summed E-state index contributed by atoms with van der Waals surface area (Å²) in [6.45, 7) is 4.69. The average molecular weight is 338 g/mol. The van der Waals surface area contributed by atoms with Crippen molar-refractivity contribution in [1.29, 1.82) is 0 Å². The summed E-state index contributed by atoms with van der Waals surface area (Å²) < 4.78 is 11.6. The van der Waals surface area contributed by atoms with Gasteiger partial charge in [0, 0.05) is 30.6 Å². The molecule has 5 heteroatoms. The monoisotopic (exact) mass is 338 g/mol. The topological polar surface area (TPSA) is 58.5 Å². The Bertz CT molecular complexity index is 928. The highest BCUT2D eigenvalue weighted by Gasteiger charge is 2.28. The molecule has 0 amide bonds. The lowest BCUT2D eigenvalue weighted by Gasteiger charge is -2.34. The number of pyridine rings is 1.